The van der Waals surface area contributed by atoms with Gasteiger partial charge in [0.05, 0.1) is 6.04 Å². The molecule has 1 atom stereocenters. The lowest BCUT2D eigenvalue weighted by atomic mass is 10.1. The molecule has 0 saturated carbocycles. The minimum absolute atomic E-state index is 0.170. The molecule has 0 radical (unpaired) electrons. The van der Waals surface area contributed by atoms with Crippen molar-refractivity contribution in [1.29, 1.82) is 0 Å². The number of hydrogen-bond donors (Lipinski definition) is 2. The van der Waals surface area contributed by atoms with E-state index in [1.54, 1.807) is 0 Å². The van der Waals surface area contributed by atoms with Crippen LogP contribution >= 0.6 is 0 Å². The Bertz CT molecular complexity index is 332. The van der Waals surface area contributed by atoms with Crippen molar-refractivity contribution in [3.63, 3.8) is 0 Å². The van der Waals surface area contributed by atoms with Crippen molar-refractivity contribution >= 4 is 17.8 Å². The van der Waals surface area contributed by atoms with E-state index >= 15 is 0 Å². The van der Waals surface area contributed by atoms with Crippen LogP contribution in [0.5, 0.6) is 0 Å². The molecular formula is C10H17N3O4. The van der Waals surface area contributed by atoms with Gasteiger partial charge in [0.15, 0.2) is 0 Å². The van der Waals surface area contributed by atoms with Crippen LogP contribution in [0.2, 0.25) is 0 Å². The first-order valence-corrected chi connectivity index (χ1v) is 5.56. The third-order valence-electron chi connectivity index (χ3n) is 2.54. The maximum absolute atomic E-state index is 11.9. The highest BCUT2D eigenvalue weighted by Crippen LogP contribution is 2.13. The highest BCUT2D eigenvalue weighted by Gasteiger charge is 2.34. The highest BCUT2D eigenvalue weighted by atomic mass is 16.4. The molecule has 0 bridgehead atoms. The zero-order valence-corrected chi connectivity index (χ0v) is 9.76. The van der Waals surface area contributed by atoms with Gasteiger partial charge in [-0.25, -0.2) is 5.01 Å². The molecule has 7 nitrogen and oxygen atoms in total. The fourth-order valence-electron chi connectivity index (χ4n) is 1.73. The molecule has 1 saturated heterocycles. The second kappa shape index (κ2) is 5.62. The molecule has 0 aromatic heterocycles. The summed E-state index contributed by atoms with van der Waals surface area (Å²) in [5.74, 6) is -1.93. The smallest absolute Gasteiger partial charge is 0.325 e. The summed E-state index contributed by atoms with van der Waals surface area (Å²) in [6.07, 6.45) is 1.07. The molecule has 3 N–H and O–H groups in total. The van der Waals surface area contributed by atoms with E-state index < -0.39 is 24.5 Å². The summed E-state index contributed by atoms with van der Waals surface area (Å²) < 4.78 is 0. The zero-order chi connectivity index (χ0) is 13.0. The zero-order valence-electron chi connectivity index (χ0n) is 9.76. The van der Waals surface area contributed by atoms with Gasteiger partial charge in [-0.05, 0) is 12.8 Å². The average Bonchev–Trinajstić information content (AvgIpc) is 2.35. The van der Waals surface area contributed by atoms with E-state index in [1.807, 2.05) is 6.92 Å². The van der Waals surface area contributed by atoms with E-state index in [1.165, 1.54) is 5.01 Å². The summed E-state index contributed by atoms with van der Waals surface area (Å²) in [4.78, 5) is 34.3. The molecule has 17 heavy (non-hydrogen) atoms. The van der Waals surface area contributed by atoms with Crippen molar-refractivity contribution in [3.05, 3.63) is 0 Å². The lowest BCUT2D eigenvalue weighted by Crippen LogP contribution is -2.54. The molecule has 1 fully saturated rings. The summed E-state index contributed by atoms with van der Waals surface area (Å²) in [6, 6.07) is -0.805. The van der Waals surface area contributed by atoms with Crippen LogP contribution in [0.25, 0.3) is 0 Å². The van der Waals surface area contributed by atoms with Gasteiger partial charge in [-0.2, -0.15) is 0 Å². The third kappa shape index (κ3) is 3.16. The number of aliphatic carboxylic acids is 1. The van der Waals surface area contributed by atoms with Gasteiger partial charge in [0.2, 0.25) is 5.91 Å². The van der Waals surface area contributed by atoms with Gasteiger partial charge >= 0.3 is 5.97 Å². The summed E-state index contributed by atoms with van der Waals surface area (Å²) in [5.41, 5.74) is 5.60. The normalized spacial score (nSPS) is 21.6. The Morgan fingerprint density at radius 2 is 2.12 bits per heavy atom. The molecule has 7 heteroatoms. The second-order valence-electron chi connectivity index (χ2n) is 3.95. The van der Waals surface area contributed by atoms with E-state index in [0.717, 1.165) is 5.01 Å². The van der Waals surface area contributed by atoms with Gasteiger partial charge in [0.1, 0.15) is 6.54 Å². The Labute approximate surface area is 99.1 Å². The van der Waals surface area contributed by atoms with Crippen LogP contribution in [0.15, 0.2) is 0 Å². The van der Waals surface area contributed by atoms with Crippen molar-refractivity contribution in [2.75, 3.05) is 13.1 Å². The molecule has 1 aliphatic heterocycles. The first kappa shape index (κ1) is 13.4. The molecule has 0 spiro atoms. The van der Waals surface area contributed by atoms with E-state index in [2.05, 4.69) is 0 Å². The highest BCUT2D eigenvalue weighted by molar-refractivity contribution is 5.90. The molecular weight excluding hydrogens is 226 g/mol. The Morgan fingerprint density at radius 3 is 2.65 bits per heavy atom. The number of hydrogen-bond acceptors (Lipinski definition) is 4. The molecule has 2 amide bonds. The quantitative estimate of drug-likeness (QED) is 0.671. The fraction of sp³-hybridized carbons (Fsp3) is 0.700. The summed E-state index contributed by atoms with van der Waals surface area (Å²) in [5, 5.41) is 10.9. The van der Waals surface area contributed by atoms with Gasteiger partial charge in [-0.15, -0.1) is 0 Å². The summed E-state index contributed by atoms with van der Waals surface area (Å²) in [7, 11) is 0. The largest absolute Gasteiger partial charge is 0.480 e. The van der Waals surface area contributed by atoms with Crippen LogP contribution in [-0.2, 0) is 14.4 Å². The van der Waals surface area contributed by atoms with Crippen LogP contribution in [-0.4, -0.2) is 52.0 Å². The maximum atomic E-state index is 11.9. The first-order chi connectivity index (χ1) is 7.97. The number of amides is 2. The number of carbonyl (C=O) groups is 3. The average molecular weight is 243 g/mol. The third-order valence-corrected chi connectivity index (χ3v) is 2.54. The standard InChI is InChI=1S/C10H17N3O4/c1-2-5-12-8(14)4-3-7(11)10(17)13(12)6-9(15)16/h7H,2-6,11H2,1H3,(H,15,16). The Kier molecular flexibility index (Phi) is 4.45. The number of nitrogens with zero attached hydrogens (tertiary/aromatic N) is 2. The van der Waals surface area contributed by atoms with Crippen LogP contribution in [0.3, 0.4) is 0 Å². The molecule has 96 valence electrons. The van der Waals surface area contributed by atoms with Gasteiger partial charge < -0.3 is 10.8 Å². The van der Waals surface area contributed by atoms with E-state index in [4.69, 9.17) is 10.8 Å². The molecule has 1 heterocycles. The minimum Gasteiger partial charge on any atom is -0.480 e. The molecule has 0 aromatic carbocycles. The molecule has 1 rings (SSSR count). The second-order valence-corrected chi connectivity index (χ2v) is 3.95. The lowest BCUT2D eigenvalue weighted by Gasteiger charge is -2.32. The van der Waals surface area contributed by atoms with Crippen LogP contribution in [0.1, 0.15) is 26.2 Å². The summed E-state index contributed by atoms with van der Waals surface area (Å²) >= 11 is 0. The molecule has 1 unspecified atom stereocenters. The predicted molar refractivity (Wildman–Crippen MR) is 58.6 cm³/mol. The Morgan fingerprint density at radius 1 is 1.47 bits per heavy atom. The van der Waals surface area contributed by atoms with Gasteiger partial charge in [-0.1, -0.05) is 6.92 Å². The monoisotopic (exact) mass is 243 g/mol. The van der Waals surface area contributed by atoms with Gasteiger partial charge in [0.25, 0.3) is 5.91 Å². The number of hydrazine groups is 1. The van der Waals surface area contributed by atoms with Crippen LogP contribution in [0, 0.1) is 0 Å². The first-order valence-electron chi connectivity index (χ1n) is 5.56. The summed E-state index contributed by atoms with van der Waals surface area (Å²) in [6.45, 7) is 1.64. The molecule has 1 aliphatic rings. The number of carbonyl (C=O) groups excluding carboxylic acids is 2. The van der Waals surface area contributed by atoms with Gasteiger partial charge in [0, 0.05) is 13.0 Å². The lowest BCUT2D eigenvalue weighted by molar-refractivity contribution is -0.167. The number of rotatable bonds is 4. The number of carboxylic acids is 1. The minimum atomic E-state index is -1.17. The van der Waals surface area contributed by atoms with Crippen molar-refractivity contribution in [1.82, 2.24) is 10.0 Å². The Hall–Kier alpha value is -1.63. The van der Waals surface area contributed by atoms with E-state index in [9.17, 15) is 14.4 Å². The van der Waals surface area contributed by atoms with Crippen molar-refractivity contribution in [2.45, 2.75) is 32.2 Å². The predicted octanol–water partition coefficient (Wildman–Crippen LogP) is -0.826. The molecule has 0 aromatic rings. The van der Waals surface area contributed by atoms with Gasteiger partial charge in [-0.3, -0.25) is 19.4 Å². The Balaban J connectivity index is 2.96. The van der Waals surface area contributed by atoms with Crippen molar-refractivity contribution < 1.29 is 19.5 Å². The number of nitrogens with two attached hydrogens (primary N) is 1. The van der Waals surface area contributed by atoms with Crippen LogP contribution in [0.4, 0.5) is 0 Å². The topological polar surface area (TPSA) is 104 Å². The maximum Gasteiger partial charge on any atom is 0.325 e. The number of carboxylic acid groups (broad SMARTS) is 1. The molecule has 0 aliphatic carbocycles. The van der Waals surface area contributed by atoms with E-state index in [-0.39, 0.29) is 18.7 Å². The van der Waals surface area contributed by atoms with Crippen molar-refractivity contribution in [2.24, 2.45) is 5.73 Å². The van der Waals surface area contributed by atoms with Crippen LogP contribution < -0.4 is 5.73 Å². The SMILES string of the molecule is CCCN1C(=O)CCC(N)C(=O)N1CC(=O)O. The fourth-order valence-corrected chi connectivity index (χ4v) is 1.73. The van der Waals surface area contributed by atoms with Crippen molar-refractivity contribution in [3.8, 4) is 0 Å². The van der Waals surface area contributed by atoms with E-state index in [0.29, 0.717) is 13.0 Å².